The third-order valence-electron chi connectivity index (χ3n) is 7.37. The molecule has 1 saturated carbocycles. The molecule has 0 unspecified atom stereocenters. The molecule has 4 fully saturated rings. The number of nitrogens with zero attached hydrogens (tertiary/aromatic N) is 2. The average Bonchev–Trinajstić information content (AvgIpc) is 2.77. The second-order valence-electron chi connectivity index (χ2n) is 8.33. The minimum Gasteiger partial charge on any atom is -0.385 e. The SMILES string of the molecule is C/C=C1\CN(C)[C@H]2C[C@@]3(C(=O)N(OC)c4ccccc43)[C@H]3C[C@]1(O)[C@@H]2CO3. The number of carbonyl (C=O) groups is 1. The number of para-hydroxylation sites is 1. The number of allylic oxidation sites excluding steroid dienone is 1. The lowest BCUT2D eigenvalue weighted by Crippen LogP contribution is -2.61. The highest BCUT2D eigenvalue weighted by atomic mass is 16.7. The quantitative estimate of drug-likeness (QED) is 0.762. The van der Waals surface area contributed by atoms with Gasteiger partial charge in [0.25, 0.3) is 5.91 Å². The summed E-state index contributed by atoms with van der Waals surface area (Å²) in [5, 5.41) is 13.1. The first kappa shape index (κ1) is 17.4. The molecular weight excluding hydrogens is 344 g/mol. The van der Waals surface area contributed by atoms with Gasteiger partial charge in [-0.2, -0.15) is 5.06 Å². The first-order valence-corrected chi connectivity index (χ1v) is 9.65. The summed E-state index contributed by atoms with van der Waals surface area (Å²) in [6.45, 7) is 3.18. The number of aliphatic hydroxyl groups is 1. The van der Waals surface area contributed by atoms with Crippen LogP contribution in [0.5, 0.6) is 0 Å². The first-order valence-electron chi connectivity index (χ1n) is 9.65. The molecule has 1 N–H and O–H groups in total. The Hall–Kier alpha value is -1.73. The minimum atomic E-state index is -0.909. The van der Waals surface area contributed by atoms with Crippen LogP contribution in [0.4, 0.5) is 5.69 Å². The van der Waals surface area contributed by atoms with Crippen LogP contribution >= 0.6 is 0 Å². The van der Waals surface area contributed by atoms with Crippen molar-refractivity contribution in [3.8, 4) is 0 Å². The molecule has 6 rings (SSSR count). The van der Waals surface area contributed by atoms with Crippen molar-refractivity contribution < 1.29 is 19.5 Å². The van der Waals surface area contributed by atoms with Crippen molar-refractivity contribution >= 4 is 11.6 Å². The molecule has 144 valence electrons. The fourth-order valence-electron chi connectivity index (χ4n) is 6.02. The van der Waals surface area contributed by atoms with Crippen LogP contribution in [0.1, 0.15) is 25.3 Å². The Bertz CT molecular complexity index is 839. The maximum absolute atomic E-state index is 13.7. The second-order valence-corrected chi connectivity index (χ2v) is 8.33. The maximum atomic E-state index is 13.7. The van der Waals surface area contributed by atoms with Crippen LogP contribution in [0, 0.1) is 5.92 Å². The van der Waals surface area contributed by atoms with Crippen LogP contribution in [0.15, 0.2) is 35.9 Å². The third-order valence-corrected chi connectivity index (χ3v) is 7.37. The van der Waals surface area contributed by atoms with E-state index < -0.39 is 11.0 Å². The molecule has 1 aromatic carbocycles. The molecule has 0 aromatic heterocycles. The molecular formula is C21H26N2O4. The Morgan fingerprint density at radius 2 is 2.11 bits per heavy atom. The van der Waals surface area contributed by atoms with E-state index in [1.165, 1.54) is 12.2 Å². The van der Waals surface area contributed by atoms with Gasteiger partial charge in [0.05, 0.1) is 31.1 Å². The van der Waals surface area contributed by atoms with E-state index in [-0.39, 0.29) is 24.0 Å². The van der Waals surface area contributed by atoms with Crippen LogP contribution < -0.4 is 5.06 Å². The van der Waals surface area contributed by atoms with Gasteiger partial charge in [-0.25, -0.2) is 0 Å². The van der Waals surface area contributed by atoms with Gasteiger partial charge in [0, 0.05) is 24.9 Å². The highest BCUT2D eigenvalue weighted by Crippen LogP contribution is 2.58. The highest BCUT2D eigenvalue weighted by molar-refractivity contribution is 6.07. The van der Waals surface area contributed by atoms with Gasteiger partial charge in [-0.1, -0.05) is 24.3 Å². The molecule has 4 bridgehead atoms. The Morgan fingerprint density at radius 1 is 1.33 bits per heavy atom. The normalized spacial score (nSPS) is 42.1. The largest absolute Gasteiger partial charge is 0.385 e. The zero-order valence-corrected chi connectivity index (χ0v) is 16.0. The summed E-state index contributed by atoms with van der Waals surface area (Å²) in [5.74, 6) is -0.113. The molecule has 6 heteroatoms. The third kappa shape index (κ3) is 1.96. The number of hydroxylamine groups is 1. The Kier molecular flexibility index (Phi) is 3.63. The van der Waals surface area contributed by atoms with E-state index in [0.29, 0.717) is 19.4 Å². The molecule has 1 aliphatic carbocycles. The van der Waals surface area contributed by atoms with Crippen molar-refractivity contribution in [1.82, 2.24) is 4.90 Å². The zero-order chi connectivity index (χ0) is 19.0. The number of benzene rings is 1. The van der Waals surface area contributed by atoms with Crippen molar-refractivity contribution in [2.75, 3.05) is 32.4 Å². The standard InChI is InChI=1S/C21H26N2O4/c1-4-13-11-22(2)17-9-20(18-10-21(13,25)15(17)12-27-18)14-7-5-6-8-16(14)23(26-3)19(20)24/h4-8,15,17-18,25H,9-12H2,1-3H3/b13-4+/t15-,17+,18-,20+,21-/m1/s1. The monoisotopic (exact) mass is 370 g/mol. The van der Waals surface area contributed by atoms with E-state index in [0.717, 1.165) is 23.4 Å². The van der Waals surface area contributed by atoms with Gasteiger partial charge < -0.3 is 9.84 Å². The number of fused-ring (bicyclic) bond motifs is 2. The van der Waals surface area contributed by atoms with Crippen LogP contribution in [0.2, 0.25) is 0 Å². The number of piperidine rings is 1. The van der Waals surface area contributed by atoms with E-state index in [9.17, 15) is 9.90 Å². The molecule has 1 amide bonds. The minimum absolute atomic E-state index is 0.0327. The number of ether oxygens (including phenoxy) is 1. The molecule has 1 aromatic rings. The lowest BCUT2D eigenvalue weighted by Gasteiger charge is -2.51. The number of carbonyl (C=O) groups excluding carboxylic acids is 1. The number of likely N-dealkylation sites (N-methyl/N-ethyl adjacent to an activating group) is 1. The molecule has 4 heterocycles. The summed E-state index contributed by atoms with van der Waals surface area (Å²) >= 11 is 0. The van der Waals surface area contributed by atoms with Gasteiger partial charge in [0.2, 0.25) is 0 Å². The van der Waals surface area contributed by atoms with Crippen molar-refractivity contribution in [2.24, 2.45) is 5.92 Å². The van der Waals surface area contributed by atoms with Gasteiger partial charge in [-0.15, -0.1) is 0 Å². The molecule has 6 nitrogen and oxygen atoms in total. The predicted molar refractivity (Wildman–Crippen MR) is 100 cm³/mol. The lowest BCUT2D eigenvalue weighted by molar-refractivity contribution is -0.157. The number of hydrogen-bond donors (Lipinski definition) is 1. The number of anilines is 1. The van der Waals surface area contributed by atoms with Gasteiger partial charge in [0.1, 0.15) is 5.41 Å². The zero-order valence-electron chi connectivity index (χ0n) is 16.0. The van der Waals surface area contributed by atoms with Crippen molar-refractivity contribution in [3.63, 3.8) is 0 Å². The van der Waals surface area contributed by atoms with Gasteiger partial charge >= 0.3 is 0 Å². The molecule has 27 heavy (non-hydrogen) atoms. The smallest absolute Gasteiger partial charge is 0.264 e. The topological polar surface area (TPSA) is 62.2 Å². The van der Waals surface area contributed by atoms with E-state index in [2.05, 4.69) is 11.9 Å². The van der Waals surface area contributed by atoms with Crippen LogP contribution in [0.3, 0.4) is 0 Å². The van der Waals surface area contributed by atoms with Gasteiger partial charge in [-0.05, 0) is 37.6 Å². The van der Waals surface area contributed by atoms with Crippen molar-refractivity contribution in [2.45, 2.75) is 42.9 Å². The maximum Gasteiger partial charge on any atom is 0.264 e. The fourth-order valence-corrected chi connectivity index (χ4v) is 6.02. The number of likely N-dealkylation sites (tertiary alicyclic amines) is 1. The van der Waals surface area contributed by atoms with E-state index >= 15 is 0 Å². The number of rotatable bonds is 1. The average molecular weight is 370 g/mol. The van der Waals surface area contributed by atoms with E-state index in [4.69, 9.17) is 9.57 Å². The molecule has 0 radical (unpaired) electrons. The lowest BCUT2D eigenvalue weighted by atomic mass is 9.70. The summed E-state index contributed by atoms with van der Waals surface area (Å²) in [4.78, 5) is 21.4. The Balaban J connectivity index is 1.73. The molecule has 4 aliphatic heterocycles. The summed E-state index contributed by atoms with van der Waals surface area (Å²) in [5.41, 5.74) is 1.05. The molecule has 1 spiro atoms. The van der Waals surface area contributed by atoms with Crippen LogP contribution in [0.25, 0.3) is 0 Å². The van der Waals surface area contributed by atoms with Gasteiger partial charge in [-0.3, -0.25) is 14.5 Å². The Morgan fingerprint density at radius 3 is 2.85 bits per heavy atom. The summed E-state index contributed by atoms with van der Waals surface area (Å²) < 4.78 is 6.29. The first-order chi connectivity index (χ1) is 13.0. The van der Waals surface area contributed by atoms with Crippen molar-refractivity contribution in [1.29, 1.82) is 0 Å². The number of amides is 1. The summed E-state index contributed by atoms with van der Waals surface area (Å²) in [6, 6.07) is 7.89. The van der Waals surface area contributed by atoms with Crippen molar-refractivity contribution in [3.05, 3.63) is 41.5 Å². The molecule has 3 saturated heterocycles. The second kappa shape index (κ2) is 5.64. The fraction of sp³-hybridized carbons (Fsp3) is 0.571. The number of hydrogen-bond acceptors (Lipinski definition) is 5. The highest BCUT2D eigenvalue weighted by Gasteiger charge is 2.67. The molecule has 5 aliphatic rings. The summed E-state index contributed by atoms with van der Waals surface area (Å²) in [7, 11) is 3.61. The summed E-state index contributed by atoms with van der Waals surface area (Å²) in [6.07, 6.45) is 2.73. The van der Waals surface area contributed by atoms with E-state index in [1.54, 1.807) is 0 Å². The predicted octanol–water partition coefficient (Wildman–Crippen LogP) is 1.63. The van der Waals surface area contributed by atoms with Gasteiger partial charge in [0.15, 0.2) is 0 Å². The van der Waals surface area contributed by atoms with Crippen LogP contribution in [-0.2, 0) is 19.8 Å². The molecule has 5 atom stereocenters. The van der Waals surface area contributed by atoms with Crippen LogP contribution in [-0.4, -0.2) is 61.0 Å². The van der Waals surface area contributed by atoms with E-state index in [1.807, 2.05) is 37.3 Å². The Labute approximate surface area is 159 Å².